The summed E-state index contributed by atoms with van der Waals surface area (Å²) in [5.74, 6) is 0.814. The van der Waals surface area contributed by atoms with Crippen molar-refractivity contribution in [3.63, 3.8) is 0 Å². The van der Waals surface area contributed by atoms with Crippen molar-refractivity contribution in [1.29, 1.82) is 0 Å². The van der Waals surface area contributed by atoms with Gasteiger partial charge in [-0.3, -0.25) is 4.79 Å². The second-order valence-electron chi connectivity index (χ2n) is 6.89. The molecular weight excluding hydrogens is 416 g/mol. The van der Waals surface area contributed by atoms with Crippen LogP contribution in [0.1, 0.15) is 33.5 Å². The molecule has 3 aromatic rings. The van der Waals surface area contributed by atoms with Crippen LogP contribution in [-0.2, 0) is 24.4 Å². The van der Waals surface area contributed by atoms with Crippen LogP contribution in [-0.4, -0.2) is 11.9 Å². The van der Waals surface area contributed by atoms with E-state index in [9.17, 15) is 4.79 Å². The largest absolute Gasteiger partial charge is 0.489 e. The van der Waals surface area contributed by atoms with E-state index in [4.69, 9.17) is 9.47 Å². The number of halogens is 1. The third-order valence-corrected chi connectivity index (χ3v) is 5.73. The van der Waals surface area contributed by atoms with Crippen LogP contribution in [0.5, 0.6) is 5.75 Å². The maximum Gasteiger partial charge on any atom is 0.191 e. The van der Waals surface area contributed by atoms with Gasteiger partial charge >= 0.3 is 0 Å². The standard InChI is InChI=1S/C24H21BrO3/c25-22-9-5-4-8-18(22)10-13-23-24(26)21-12-11-20(14-19(21)16-28-23)27-15-17-6-2-1-3-7-17/h1-9,11-12,14,23H,10,13,15-16H2. The van der Waals surface area contributed by atoms with Gasteiger partial charge in [-0.25, -0.2) is 0 Å². The van der Waals surface area contributed by atoms with Crippen LogP contribution in [0, 0.1) is 0 Å². The van der Waals surface area contributed by atoms with Crippen LogP contribution >= 0.6 is 15.9 Å². The molecule has 28 heavy (non-hydrogen) atoms. The van der Waals surface area contributed by atoms with Gasteiger partial charge in [0, 0.05) is 10.0 Å². The lowest BCUT2D eigenvalue weighted by Crippen LogP contribution is -2.30. The van der Waals surface area contributed by atoms with Crippen LogP contribution in [0.2, 0.25) is 0 Å². The minimum absolute atomic E-state index is 0.0583. The van der Waals surface area contributed by atoms with Gasteiger partial charge in [0.15, 0.2) is 5.78 Å². The smallest absolute Gasteiger partial charge is 0.191 e. The molecule has 0 fully saturated rings. The number of aryl methyl sites for hydroxylation is 1. The third kappa shape index (κ3) is 4.34. The molecule has 3 aromatic carbocycles. The van der Waals surface area contributed by atoms with Gasteiger partial charge in [-0.1, -0.05) is 64.5 Å². The maximum atomic E-state index is 12.8. The summed E-state index contributed by atoms with van der Waals surface area (Å²) < 4.78 is 12.8. The van der Waals surface area contributed by atoms with E-state index in [1.165, 1.54) is 5.56 Å². The minimum Gasteiger partial charge on any atom is -0.489 e. The number of rotatable bonds is 6. The highest BCUT2D eigenvalue weighted by atomic mass is 79.9. The predicted molar refractivity (Wildman–Crippen MR) is 113 cm³/mol. The lowest BCUT2D eigenvalue weighted by molar-refractivity contribution is 0.0231. The van der Waals surface area contributed by atoms with Crippen molar-refractivity contribution in [2.75, 3.05) is 0 Å². The number of Topliss-reactive ketones (excluding diaryl/α,β-unsaturated/α-hetero) is 1. The summed E-state index contributed by atoms with van der Waals surface area (Å²) in [5.41, 5.74) is 3.94. The molecule has 0 saturated carbocycles. The molecule has 1 aliphatic heterocycles. The van der Waals surface area contributed by atoms with Crippen LogP contribution in [0.3, 0.4) is 0 Å². The number of benzene rings is 3. The number of ketones is 1. The van der Waals surface area contributed by atoms with Gasteiger partial charge in [-0.2, -0.15) is 0 Å². The molecule has 1 heterocycles. The van der Waals surface area contributed by atoms with Gasteiger partial charge in [0.25, 0.3) is 0 Å². The normalized spacial score (nSPS) is 15.9. The first kappa shape index (κ1) is 18.9. The Morgan fingerprint density at radius 3 is 2.61 bits per heavy atom. The van der Waals surface area contributed by atoms with Gasteiger partial charge in [-0.15, -0.1) is 0 Å². The van der Waals surface area contributed by atoms with Crippen LogP contribution in [0.4, 0.5) is 0 Å². The average Bonchev–Trinajstić information content (AvgIpc) is 2.73. The SMILES string of the molecule is O=C1c2ccc(OCc3ccccc3)cc2COC1CCc1ccccc1Br. The van der Waals surface area contributed by atoms with Gasteiger partial charge in [0.05, 0.1) is 6.61 Å². The summed E-state index contributed by atoms with van der Waals surface area (Å²) in [5, 5.41) is 0. The summed E-state index contributed by atoms with van der Waals surface area (Å²) in [6.07, 6.45) is 1.08. The number of ether oxygens (including phenoxy) is 2. The molecule has 0 amide bonds. The van der Waals surface area contributed by atoms with Gasteiger partial charge in [-0.05, 0) is 53.8 Å². The van der Waals surface area contributed by atoms with E-state index in [1.54, 1.807) is 0 Å². The summed E-state index contributed by atoms with van der Waals surface area (Å²) in [6.45, 7) is 0.938. The summed E-state index contributed by atoms with van der Waals surface area (Å²) in [4.78, 5) is 12.8. The van der Waals surface area contributed by atoms with E-state index in [1.807, 2.05) is 66.7 Å². The highest BCUT2D eigenvalue weighted by molar-refractivity contribution is 9.10. The minimum atomic E-state index is -0.393. The zero-order valence-electron chi connectivity index (χ0n) is 15.4. The van der Waals surface area contributed by atoms with Crippen LogP contribution in [0.15, 0.2) is 77.3 Å². The first-order valence-corrected chi connectivity index (χ1v) is 10.2. The van der Waals surface area contributed by atoms with Crippen molar-refractivity contribution in [3.8, 4) is 5.75 Å². The van der Waals surface area contributed by atoms with Crippen molar-refractivity contribution in [2.45, 2.75) is 32.2 Å². The topological polar surface area (TPSA) is 35.5 Å². The number of hydrogen-bond acceptors (Lipinski definition) is 3. The zero-order valence-corrected chi connectivity index (χ0v) is 17.0. The predicted octanol–water partition coefficient (Wildman–Crippen LogP) is 5.74. The Kier molecular flexibility index (Phi) is 5.89. The molecule has 1 atom stereocenters. The molecule has 142 valence electrons. The molecule has 0 aromatic heterocycles. The number of fused-ring (bicyclic) bond motifs is 1. The Labute approximate surface area is 173 Å². The molecular formula is C24H21BrO3. The van der Waals surface area contributed by atoms with E-state index < -0.39 is 6.10 Å². The van der Waals surface area contributed by atoms with E-state index >= 15 is 0 Å². The Morgan fingerprint density at radius 1 is 1.00 bits per heavy atom. The fourth-order valence-electron chi connectivity index (χ4n) is 3.40. The number of carbonyl (C=O) groups excluding carboxylic acids is 1. The van der Waals surface area contributed by atoms with Gasteiger partial charge < -0.3 is 9.47 Å². The highest BCUT2D eigenvalue weighted by Crippen LogP contribution is 2.28. The molecule has 0 aliphatic carbocycles. The summed E-state index contributed by atoms with van der Waals surface area (Å²) >= 11 is 3.56. The van der Waals surface area contributed by atoms with Crippen molar-refractivity contribution >= 4 is 21.7 Å². The van der Waals surface area contributed by atoms with Crippen LogP contribution in [0.25, 0.3) is 0 Å². The Hall–Kier alpha value is -2.43. The van der Waals surface area contributed by atoms with Crippen molar-refractivity contribution in [1.82, 2.24) is 0 Å². The van der Waals surface area contributed by atoms with Crippen molar-refractivity contribution in [2.24, 2.45) is 0 Å². The fourth-order valence-corrected chi connectivity index (χ4v) is 3.89. The lowest BCUT2D eigenvalue weighted by Gasteiger charge is -2.24. The molecule has 0 N–H and O–H groups in total. The summed E-state index contributed by atoms with van der Waals surface area (Å²) in [7, 11) is 0. The molecule has 3 nitrogen and oxygen atoms in total. The van der Waals surface area contributed by atoms with Gasteiger partial charge in [0.2, 0.25) is 0 Å². The van der Waals surface area contributed by atoms with Crippen molar-refractivity contribution in [3.05, 3.63) is 99.5 Å². The molecule has 1 unspecified atom stereocenters. The Bertz CT molecular complexity index is 969. The second kappa shape index (κ2) is 8.72. The molecule has 4 rings (SSSR count). The first-order chi connectivity index (χ1) is 13.7. The van der Waals surface area contributed by atoms with Gasteiger partial charge in [0.1, 0.15) is 18.5 Å². The molecule has 0 spiro atoms. The molecule has 1 aliphatic rings. The second-order valence-corrected chi connectivity index (χ2v) is 7.74. The fraction of sp³-hybridized carbons (Fsp3) is 0.208. The number of hydrogen-bond donors (Lipinski definition) is 0. The highest BCUT2D eigenvalue weighted by Gasteiger charge is 2.28. The van der Waals surface area contributed by atoms with E-state index in [-0.39, 0.29) is 5.78 Å². The molecule has 0 radical (unpaired) electrons. The third-order valence-electron chi connectivity index (χ3n) is 4.96. The van der Waals surface area contributed by atoms with E-state index in [2.05, 4.69) is 22.0 Å². The molecule has 0 bridgehead atoms. The number of carbonyl (C=O) groups is 1. The maximum absolute atomic E-state index is 12.8. The van der Waals surface area contributed by atoms with Crippen LogP contribution < -0.4 is 4.74 Å². The molecule has 4 heteroatoms. The Morgan fingerprint density at radius 2 is 1.79 bits per heavy atom. The quantitative estimate of drug-likeness (QED) is 0.493. The van der Waals surface area contributed by atoms with E-state index in [0.717, 1.165) is 33.3 Å². The monoisotopic (exact) mass is 436 g/mol. The zero-order chi connectivity index (χ0) is 19.3. The van der Waals surface area contributed by atoms with E-state index in [0.29, 0.717) is 19.6 Å². The molecule has 0 saturated heterocycles. The average molecular weight is 437 g/mol. The lowest BCUT2D eigenvalue weighted by atomic mass is 9.94. The summed E-state index contributed by atoms with van der Waals surface area (Å²) in [6, 6.07) is 23.8. The first-order valence-electron chi connectivity index (χ1n) is 9.39. The van der Waals surface area contributed by atoms with Crippen molar-refractivity contribution < 1.29 is 14.3 Å². The Balaban J connectivity index is 1.40.